The summed E-state index contributed by atoms with van der Waals surface area (Å²) in [6, 6.07) is 0.755. The van der Waals surface area contributed by atoms with E-state index >= 15 is 0 Å². The van der Waals surface area contributed by atoms with E-state index in [0.717, 1.165) is 24.4 Å². The third kappa shape index (κ3) is 4.21. The Bertz CT molecular complexity index is 252. The molecule has 0 radical (unpaired) electrons. The summed E-state index contributed by atoms with van der Waals surface area (Å²) in [5.41, 5.74) is 6.46. The fraction of sp³-hybridized carbons (Fsp3) is 1.00. The van der Waals surface area contributed by atoms with Crippen LogP contribution in [0.5, 0.6) is 0 Å². The molecule has 1 rings (SSSR count). The van der Waals surface area contributed by atoms with Gasteiger partial charge in [0.05, 0.1) is 0 Å². The minimum absolute atomic E-state index is 0.221. The van der Waals surface area contributed by atoms with E-state index in [-0.39, 0.29) is 5.54 Å². The molecular weight excluding hydrogens is 244 g/mol. The number of nitrogens with zero attached hydrogens (tertiary/aromatic N) is 1. The molecule has 0 heterocycles. The zero-order valence-corrected chi connectivity index (χ0v) is 14.6. The SMILES string of the molecule is CCC(C)CC(CC)(CN)N(C)C1CCC(CC)CC1. The topological polar surface area (TPSA) is 29.3 Å². The average molecular weight is 283 g/mol. The summed E-state index contributed by atoms with van der Waals surface area (Å²) >= 11 is 0. The molecule has 2 nitrogen and oxygen atoms in total. The predicted octanol–water partition coefficient (Wildman–Crippen LogP) is 4.43. The van der Waals surface area contributed by atoms with Crippen LogP contribution in [0, 0.1) is 11.8 Å². The van der Waals surface area contributed by atoms with Gasteiger partial charge in [0, 0.05) is 18.1 Å². The van der Waals surface area contributed by atoms with E-state index < -0.39 is 0 Å². The Morgan fingerprint density at radius 3 is 2.15 bits per heavy atom. The minimum Gasteiger partial charge on any atom is -0.329 e. The summed E-state index contributed by atoms with van der Waals surface area (Å²) in [6.45, 7) is 10.1. The highest BCUT2D eigenvalue weighted by Crippen LogP contribution is 2.35. The molecule has 0 aliphatic heterocycles. The van der Waals surface area contributed by atoms with Crippen LogP contribution in [0.1, 0.15) is 79.1 Å². The molecule has 1 aliphatic carbocycles. The quantitative estimate of drug-likeness (QED) is 0.713. The lowest BCUT2D eigenvalue weighted by Gasteiger charge is -2.48. The molecule has 2 unspecified atom stereocenters. The Balaban J connectivity index is 2.70. The molecule has 1 fully saturated rings. The first-order valence-electron chi connectivity index (χ1n) is 8.95. The average Bonchev–Trinajstić information content (AvgIpc) is 2.51. The van der Waals surface area contributed by atoms with Crippen LogP contribution >= 0.6 is 0 Å². The molecule has 0 bridgehead atoms. The summed E-state index contributed by atoms with van der Waals surface area (Å²) in [5, 5.41) is 0. The van der Waals surface area contributed by atoms with Gasteiger partial charge >= 0.3 is 0 Å². The van der Waals surface area contributed by atoms with Crippen LogP contribution in [0.15, 0.2) is 0 Å². The number of hydrogen-bond acceptors (Lipinski definition) is 2. The second-order valence-corrected chi connectivity index (χ2v) is 7.19. The van der Waals surface area contributed by atoms with Gasteiger partial charge in [-0.25, -0.2) is 0 Å². The van der Waals surface area contributed by atoms with Gasteiger partial charge in [0.25, 0.3) is 0 Å². The van der Waals surface area contributed by atoms with Crippen molar-refractivity contribution >= 4 is 0 Å². The van der Waals surface area contributed by atoms with Crippen molar-refractivity contribution in [2.45, 2.75) is 90.6 Å². The fourth-order valence-corrected chi connectivity index (χ4v) is 4.03. The largest absolute Gasteiger partial charge is 0.329 e. The Hall–Kier alpha value is -0.0800. The predicted molar refractivity (Wildman–Crippen MR) is 89.9 cm³/mol. The van der Waals surface area contributed by atoms with Crippen LogP contribution < -0.4 is 5.73 Å². The molecule has 0 aromatic heterocycles. The molecule has 1 aliphatic rings. The maximum atomic E-state index is 6.24. The summed E-state index contributed by atoms with van der Waals surface area (Å²) in [7, 11) is 2.34. The lowest BCUT2D eigenvalue weighted by atomic mass is 9.78. The number of likely N-dealkylation sites (N-methyl/N-ethyl adjacent to an activating group) is 1. The maximum absolute atomic E-state index is 6.24. The van der Waals surface area contributed by atoms with Gasteiger partial charge in [0.15, 0.2) is 0 Å². The summed E-state index contributed by atoms with van der Waals surface area (Å²) in [5.74, 6) is 1.75. The van der Waals surface area contributed by atoms with Crippen LogP contribution in [-0.4, -0.2) is 30.1 Å². The lowest BCUT2D eigenvalue weighted by Crippen LogP contribution is -2.57. The molecule has 2 heteroatoms. The van der Waals surface area contributed by atoms with E-state index in [0.29, 0.717) is 0 Å². The van der Waals surface area contributed by atoms with Crippen molar-refractivity contribution in [1.82, 2.24) is 4.90 Å². The summed E-state index contributed by atoms with van der Waals surface area (Å²) in [4.78, 5) is 2.67. The Morgan fingerprint density at radius 1 is 1.15 bits per heavy atom. The molecule has 0 amide bonds. The molecule has 20 heavy (non-hydrogen) atoms. The highest BCUT2D eigenvalue weighted by atomic mass is 15.2. The van der Waals surface area contributed by atoms with Gasteiger partial charge in [0.1, 0.15) is 0 Å². The summed E-state index contributed by atoms with van der Waals surface area (Å²) < 4.78 is 0. The molecular formula is C18H38N2. The third-order valence-electron chi connectivity index (χ3n) is 6.15. The molecule has 0 aromatic carbocycles. The van der Waals surface area contributed by atoms with Gasteiger partial charge in [0.2, 0.25) is 0 Å². The number of nitrogens with two attached hydrogens (primary N) is 1. The van der Waals surface area contributed by atoms with Crippen molar-refractivity contribution in [1.29, 1.82) is 0 Å². The van der Waals surface area contributed by atoms with E-state index in [2.05, 4.69) is 39.6 Å². The molecule has 2 atom stereocenters. The zero-order valence-electron chi connectivity index (χ0n) is 14.6. The van der Waals surface area contributed by atoms with Crippen molar-refractivity contribution in [3.05, 3.63) is 0 Å². The zero-order chi connectivity index (χ0) is 15.2. The van der Waals surface area contributed by atoms with E-state index in [1.165, 1.54) is 51.4 Å². The Kier molecular flexibility index (Phi) is 7.53. The van der Waals surface area contributed by atoms with Crippen molar-refractivity contribution in [2.24, 2.45) is 17.6 Å². The summed E-state index contributed by atoms with van der Waals surface area (Å²) in [6.07, 6.45) is 10.6. The normalized spacial score (nSPS) is 28.4. The first kappa shape index (κ1) is 18.0. The van der Waals surface area contributed by atoms with Gasteiger partial charge in [-0.15, -0.1) is 0 Å². The first-order chi connectivity index (χ1) is 9.52. The number of rotatable bonds is 8. The van der Waals surface area contributed by atoms with Crippen molar-refractivity contribution in [3.63, 3.8) is 0 Å². The smallest absolute Gasteiger partial charge is 0.0331 e. The van der Waals surface area contributed by atoms with Crippen LogP contribution in [0.2, 0.25) is 0 Å². The molecule has 0 aromatic rings. The van der Waals surface area contributed by atoms with Crippen LogP contribution in [-0.2, 0) is 0 Å². The molecule has 0 spiro atoms. The highest BCUT2D eigenvalue weighted by Gasteiger charge is 2.37. The van der Waals surface area contributed by atoms with Crippen LogP contribution in [0.25, 0.3) is 0 Å². The lowest BCUT2D eigenvalue weighted by molar-refractivity contribution is 0.0287. The van der Waals surface area contributed by atoms with Gasteiger partial charge in [-0.2, -0.15) is 0 Å². The maximum Gasteiger partial charge on any atom is 0.0331 e. The monoisotopic (exact) mass is 282 g/mol. The minimum atomic E-state index is 0.221. The van der Waals surface area contributed by atoms with Gasteiger partial charge in [-0.1, -0.05) is 40.5 Å². The van der Waals surface area contributed by atoms with Gasteiger partial charge in [-0.3, -0.25) is 4.90 Å². The van der Waals surface area contributed by atoms with Gasteiger partial charge < -0.3 is 5.73 Å². The molecule has 1 saturated carbocycles. The van der Waals surface area contributed by atoms with Crippen LogP contribution in [0.3, 0.4) is 0 Å². The van der Waals surface area contributed by atoms with E-state index in [1.54, 1.807) is 0 Å². The van der Waals surface area contributed by atoms with Crippen molar-refractivity contribution in [2.75, 3.05) is 13.6 Å². The molecule has 2 N–H and O–H groups in total. The standard InChI is InChI=1S/C18H38N2/c1-6-15(4)13-18(8-3,14-19)20(5)17-11-9-16(7-2)10-12-17/h15-17H,6-14,19H2,1-5H3. The first-order valence-corrected chi connectivity index (χ1v) is 8.95. The highest BCUT2D eigenvalue weighted by molar-refractivity contribution is 4.94. The van der Waals surface area contributed by atoms with Crippen molar-refractivity contribution in [3.8, 4) is 0 Å². The second-order valence-electron chi connectivity index (χ2n) is 7.19. The molecule has 120 valence electrons. The van der Waals surface area contributed by atoms with Crippen molar-refractivity contribution < 1.29 is 0 Å². The Labute approximate surface area is 127 Å². The van der Waals surface area contributed by atoms with Crippen LogP contribution in [0.4, 0.5) is 0 Å². The molecule has 0 saturated heterocycles. The van der Waals surface area contributed by atoms with Gasteiger partial charge in [-0.05, 0) is 57.4 Å². The fourth-order valence-electron chi connectivity index (χ4n) is 4.03. The van der Waals surface area contributed by atoms with E-state index in [1.807, 2.05) is 0 Å². The second kappa shape index (κ2) is 8.38. The van der Waals surface area contributed by atoms with E-state index in [9.17, 15) is 0 Å². The van der Waals surface area contributed by atoms with E-state index in [4.69, 9.17) is 5.73 Å². The third-order valence-corrected chi connectivity index (χ3v) is 6.15. The Morgan fingerprint density at radius 2 is 1.75 bits per heavy atom. The number of hydrogen-bond donors (Lipinski definition) is 1.